The van der Waals surface area contributed by atoms with Crippen molar-refractivity contribution < 1.29 is 9.18 Å². The van der Waals surface area contributed by atoms with E-state index in [1.807, 2.05) is 44.2 Å². The van der Waals surface area contributed by atoms with Crippen LogP contribution in [0.5, 0.6) is 0 Å². The number of aromatic nitrogens is 2. The van der Waals surface area contributed by atoms with Crippen molar-refractivity contribution in [3.05, 3.63) is 77.4 Å². The fraction of sp³-hybridized carbons (Fsp3) is 0.238. The molecular weight excluding hydrogens is 343 g/mol. The Morgan fingerprint density at radius 2 is 1.85 bits per heavy atom. The van der Waals surface area contributed by atoms with E-state index in [1.165, 1.54) is 17.7 Å². The summed E-state index contributed by atoms with van der Waals surface area (Å²) in [5.41, 5.74) is 4.28. The minimum Gasteiger partial charge on any atom is -0.379 e. The number of fused-ring (bicyclic) bond motifs is 1. The van der Waals surface area contributed by atoms with E-state index in [9.17, 15) is 9.18 Å². The minimum absolute atomic E-state index is 0.0378. The quantitative estimate of drug-likeness (QED) is 0.756. The first kappa shape index (κ1) is 17.3. The highest BCUT2D eigenvalue weighted by Gasteiger charge is 2.31. The Balaban J connectivity index is 1.54. The van der Waals surface area contributed by atoms with Gasteiger partial charge in [0.2, 0.25) is 0 Å². The summed E-state index contributed by atoms with van der Waals surface area (Å²) in [6.45, 7) is 5.12. The highest BCUT2D eigenvalue weighted by Crippen LogP contribution is 2.27. The minimum atomic E-state index is -0.314. The number of carbonyl (C=O) groups is 1. The Kier molecular flexibility index (Phi) is 4.39. The molecule has 2 aromatic carbocycles. The van der Waals surface area contributed by atoms with Crippen molar-refractivity contribution in [2.45, 2.75) is 26.4 Å². The standard InChI is InChI=1S/C21H21FN4O/c1-14-3-7-17(8-4-14)23-12-18-11-20-21(27)25(13-15(2)26(20)24-18)19-9-5-16(22)6-10-19/h3-11,15,23H,12-13H2,1-2H3. The van der Waals surface area contributed by atoms with Crippen LogP contribution >= 0.6 is 0 Å². The van der Waals surface area contributed by atoms with Crippen molar-refractivity contribution in [1.82, 2.24) is 9.78 Å². The van der Waals surface area contributed by atoms with Crippen molar-refractivity contribution in [1.29, 1.82) is 0 Å². The van der Waals surface area contributed by atoms with E-state index in [2.05, 4.69) is 10.4 Å². The molecule has 2 heterocycles. The number of carbonyl (C=O) groups excluding carboxylic acids is 1. The predicted octanol–water partition coefficient (Wildman–Crippen LogP) is 4.16. The molecule has 1 aliphatic heterocycles. The fourth-order valence-electron chi connectivity index (χ4n) is 3.30. The fourth-order valence-corrected chi connectivity index (χ4v) is 3.30. The van der Waals surface area contributed by atoms with Gasteiger partial charge < -0.3 is 10.2 Å². The maximum absolute atomic E-state index is 13.2. The summed E-state index contributed by atoms with van der Waals surface area (Å²) in [4.78, 5) is 14.6. The number of aryl methyl sites for hydroxylation is 1. The van der Waals surface area contributed by atoms with Gasteiger partial charge in [-0.15, -0.1) is 0 Å². The van der Waals surface area contributed by atoms with Crippen LogP contribution in [0.15, 0.2) is 54.6 Å². The van der Waals surface area contributed by atoms with Crippen molar-refractivity contribution in [3.63, 3.8) is 0 Å². The third kappa shape index (κ3) is 3.43. The largest absolute Gasteiger partial charge is 0.379 e. The smallest absolute Gasteiger partial charge is 0.276 e. The number of hydrogen-bond donors (Lipinski definition) is 1. The van der Waals surface area contributed by atoms with Gasteiger partial charge in [0.05, 0.1) is 18.3 Å². The monoisotopic (exact) mass is 364 g/mol. The number of anilines is 2. The molecule has 1 unspecified atom stereocenters. The molecule has 1 amide bonds. The van der Waals surface area contributed by atoms with Gasteiger partial charge in [-0.25, -0.2) is 4.39 Å². The average molecular weight is 364 g/mol. The molecule has 138 valence electrons. The number of amides is 1. The molecule has 5 nitrogen and oxygen atoms in total. The Hall–Kier alpha value is -3.15. The van der Waals surface area contributed by atoms with E-state index in [1.54, 1.807) is 21.7 Å². The molecule has 0 bridgehead atoms. The second kappa shape index (κ2) is 6.87. The number of nitrogens with one attached hydrogen (secondary N) is 1. The predicted molar refractivity (Wildman–Crippen MR) is 104 cm³/mol. The molecule has 4 rings (SSSR count). The van der Waals surface area contributed by atoms with Gasteiger partial charge >= 0.3 is 0 Å². The van der Waals surface area contributed by atoms with Gasteiger partial charge in [0.15, 0.2) is 0 Å². The zero-order chi connectivity index (χ0) is 19.0. The van der Waals surface area contributed by atoms with E-state index in [4.69, 9.17) is 0 Å². The van der Waals surface area contributed by atoms with E-state index < -0.39 is 0 Å². The Morgan fingerprint density at radius 1 is 1.15 bits per heavy atom. The second-order valence-corrected chi connectivity index (χ2v) is 6.93. The molecule has 1 N–H and O–H groups in total. The van der Waals surface area contributed by atoms with Gasteiger partial charge in [-0.1, -0.05) is 17.7 Å². The SMILES string of the molecule is Cc1ccc(NCc2cc3n(n2)C(C)CN(c2ccc(F)cc2)C3=O)cc1. The number of rotatable bonds is 4. The lowest BCUT2D eigenvalue weighted by Crippen LogP contribution is -2.42. The number of halogens is 1. The van der Waals surface area contributed by atoms with E-state index in [-0.39, 0.29) is 17.8 Å². The molecule has 1 atom stereocenters. The summed E-state index contributed by atoms with van der Waals surface area (Å²) in [7, 11) is 0. The van der Waals surface area contributed by atoms with Crippen LogP contribution in [0, 0.1) is 12.7 Å². The van der Waals surface area contributed by atoms with Crippen LogP contribution in [-0.4, -0.2) is 22.2 Å². The van der Waals surface area contributed by atoms with Crippen LogP contribution in [0.4, 0.5) is 15.8 Å². The summed E-state index contributed by atoms with van der Waals surface area (Å²) in [5, 5.41) is 7.94. The Morgan fingerprint density at radius 3 is 2.56 bits per heavy atom. The molecule has 0 saturated carbocycles. The summed E-state index contributed by atoms with van der Waals surface area (Å²) >= 11 is 0. The summed E-state index contributed by atoms with van der Waals surface area (Å²) in [6, 6.07) is 16.0. The van der Waals surface area contributed by atoms with Gasteiger partial charge in [0.25, 0.3) is 5.91 Å². The maximum atomic E-state index is 13.2. The lowest BCUT2D eigenvalue weighted by Gasteiger charge is -2.31. The lowest BCUT2D eigenvalue weighted by molar-refractivity contribution is 0.0953. The molecule has 27 heavy (non-hydrogen) atoms. The molecule has 3 aromatic rings. The summed E-state index contributed by atoms with van der Waals surface area (Å²) in [5.74, 6) is -0.431. The highest BCUT2D eigenvalue weighted by molar-refractivity contribution is 6.05. The summed E-state index contributed by atoms with van der Waals surface area (Å²) < 4.78 is 15.0. The van der Waals surface area contributed by atoms with Crippen LogP contribution in [0.1, 0.15) is 34.7 Å². The third-order valence-corrected chi connectivity index (χ3v) is 4.78. The van der Waals surface area contributed by atoms with E-state index in [0.717, 1.165) is 11.4 Å². The van der Waals surface area contributed by atoms with E-state index >= 15 is 0 Å². The first-order valence-electron chi connectivity index (χ1n) is 8.97. The van der Waals surface area contributed by atoms with Crippen LogP contribution < -0.4 is 10.2 Å². The van der Waals surface area contributed by atoms with Crippen LogP contribution in [0.3, 0.4) is 0 Å². The van der Waals surface area contributed by atoms with Crippen molar-refractivity contribution >= 4 is 17.3 Å². The maximum Gasteiger partial charge on any atom is 0.276 e. The van der Waals surface area contributed by atoms with Gasteiger partial charge in [0, 0.05) is 17.9 Å². The third-order valence-electron chi connectivity index (χ3n) is 4.78. The Labute approximate surface area is 157 Å². The molecule has 0 spiro atoms. The zero-order valence-electron chi connectivity index (χ0n) is 15.3. The molecule has 1 aromatic heterocycles. The van der Waals surface area contributed by atoms with Gasteiger partial charge in [-0.05, 0) is 56.3 Å². The topological polar surface area (TPSA) is 50.2 Å². The van der Waals surface area contributed by atoms with Crippen LogP contribution in [0.2, 0.25) is 0 Å². The van der Waals surface area contributed by atoms with Crippen molar-refractivity contribution in [3.8, 4) is 0 Å². The molecule has 0 saturated heterocycles. The molecule has 0 fully saturated rings. The molecule has 1 aliphatic rings. The Bertz CT molecular complexity index is 963. The van der Waals surface area contributed by atoms with Crippen molar-refractivity contribution in [2.75, 3.05) is 16.8 Å². The van der Waals surface area contributed by atoms with Crippen LogP contribution in [0.25, 0.3) is 0 Å². The zero-order valence-corrected chi connectivity index (χ0v) is 15.3. The average Bonchev–Trinajstić information content (AvgIpc) is 3.10. The van der Waals surface area contributed by atoms with Gasteiger partial charge in [-0.2, -0.15) is 5.10 Å². The molecule has 6 heteroatoms. The van der Waals surface area contributed by atoms with Crippen molar-refractivity contribution in [2.24, 2.45) is 0 Å². The number of benzene rings is 2. The van der Waals surface area contributed by atoms with Crippen LogP contribution in [-0.2, 0) is 6.54 Å². The normalized spacial score (nSPS) is 16.3. The first-order chi connectivity index (χ1) is 13.0. The van der Waals surface area contributed by atoms with Gasteiger partial charge in [0.1, 0.15) is 11.5 Å². The first-order valence-corrected chi connectivity index (χ1v) is 8.97. The molecule has 0 aliphatic carbocycles. The summed E-state index contributed by atoms with van der Waals surface area (Å²) in [6.07, 6.45) is 0. The number of hydrogen-bond acceptors (Lipinski definition) is 3. The second-order valence-electron chi connectivity index (χ2n) is 6.93. The number of nitrogens with zero attached hydrogens (tertiary/aromatic N) is 3. The highest BCUT2D eigenvalue weighted by atomic mass is 19.1. The molecular formula is C21H21FN4O. The molecule has 0 radical (unpaired) electrons. The lowest BCUT2D eigenvalue weighted by atomic mass is 10.1. The van der Waals surface area contributed by atoms with Gasteiger partial charge in [-0.3, -0.25) is 9.48 Å². The van der Waals surface area contributed by atoms with E-state index in [0.29, 0.717) is 24.5 Å².